The molecule has 0 unspecified atom stereocenters. The van der Waals surface area contributed by atoms with E-state index in [9.17, 15) is 14.3 Å². The molecule has 0 amide bonds. The van der Waals surface area contributed by atoms with Crippen molar-refractivity contribution in [3.8, 4) is 0 Å². The molecule has 0 aliphatic carbocycles. The van der Waals surface area contributed by atoms with Gasteiger partial charge in [-0.15, -0.1) is 0 Å². The van der Waals surface area contributed by atoms with E-state index in [0.717, 1.165) is 11.1 Å². The summed E-state index contributed by atoms with van der Waals surface area (Å²) in [6, 6.07) is 15.6. The van der Waals surface area contributed by atoms with Crippen LogP contribution in [0.4, 0.5) is 4.39 Å². The Balaban J connectivity index is 1.98. The third kappa shape index (κ3) is 5.25. The quantitative estimate of drug-likeness (QED) is 0.805. The van der Waals surface area contributed by atoms with Crippen LogP contribution in [-0.2, 0) is 22.6 Å². The Kier molecular flexibility index (Phi) is 6.64. The van der Waals surface area contributed by atoms with Crippen molar-refractivity contribution in [3.05, 3.63) is 71.5 Å². The van der Waals surface area contributed by atoms with Gasteiger partial charge in [-0.25, -0.2) is 4.39 Å². The monoisotopic (exact) mass is 330 g/mol. The summed E-state index contributed by atoms with van der Waals surface area (Å²) in [7, 11) is 0. The van der Waals surface area contributed by atoms with Gasteiger partial charge in [-0.3, -0.25) is 4.79 Å². The van der Waals surface area contributed by atoms with E-state index in [1.807, 2.05) is 30.3 Å². The molecule has 0 aromatic heterocycles. The topological polar surface area (TPSA) is 46.5 Å². The lowest BCUT2D eigenvalue weighted by atomic mass is 9.88. The zero-order chi connectivity index (χ0) is 17.5. The number of hydrogen-bond acceptors (Lipinski definition) is 3. The third-order valence-corrected chi connectivity index (χ3v) is 4.14. The minimum absolute atomic E-state index is 0.109. The lowest BCUT2D eigenvalue weighted by molar-refractivity contribution is -0.129. The van der Waals surface area contributed by atoms with E-state index in [-0.39, 0.29) is 11.6 Å². The van der Waals surface area contributed by atoms with E-state index >= 15 is 0 Å². The van der Waals surface area contributed by atoms with Crippen molar-refractivity contribution in [2.75, 3.05) is 0 Å². The van der Waals surface area contributed by atoms with E-state index < -0.39 is 18.1 Å². The van der Waals surface area contributed by atoms with Crippen molar-refractivity contribution in [1.82, 2.24) is 0 Å². The van der Waals surface area contributed by atoms with Crippen LogP contribution < -0.4 is 0 Å². The van der Waals surface area contributed by atoms with Crippen LogP contribution in [0.25, 0.3) is 0 Å². The van der Waals surface area contributed by atoms with E-state index in [1.165, 1.54) is 19.1 Å². The summed E-state index contributed by atoms with van der Waals surface area (Å²) in [6.07, 6.45) is -1.05. The first-order valence-corrected chi connectivity index (χ1v) is 8.06. The van der Waals surface area contributed by atoms with Gasteiger partial charge in [0.1, 0.15) is 11.6 Å². The van der Waals surface area contributed by atoms with Gasteiger partial charge in [-0.1, -0.05) is 42.5 Å². The largest absolute Gasteiger partial charge is 0.390 e. The standard InChI is InChI=1S/C20H23FO3/c1-14(22)19(12-16-8-10-18(21)11-9-16)20(23)15(2)24-13-17-6-4-3-5-7-17/h3-11,15,19-20,23H,12-13H2,1-2H3/t15-,19-,20-/m0/s1. The van der Waals surface area contributed by atoms with Gasteiger partial charge < -0.3 is 9.84 Å². The predicted octanol–water partition coefficient (Wildman–Crippen LogP) is 3.54. The fraction of sp³-hybridized carbons (Fsp3) is 0.350. The van der Waals surface area contributed by atoms with Crippen molar-refractivity contribution < 1.29 is 19.0 Å². The van der Waals surface area contributed by atoms with Gasteiger partial charge in [0.2, 0.25) is 0 Å². The van der Waals surface area contributed by atoms with E-state index in [1.54, 1.807) is 19.1 Å². The van der Waals surface area contributed by atoms with Gasteiger partial charge in [-0.2, -0.15) is 0 Å². The number of ketones is 1. The number of carbonyl (C=O) groups excluding carboxylic acids is 1. The molecule has 0 bridgehead atoms. The molecule has 3 atom stereocenters. The van der Waals surface area contributed by atoms with Crippen molar-refractivity contribution in [3.63, 3.8) is 0 Å². The smallest absolute Gasteiger partial charge is 0.135 e. The number of halogens is 1. The highest BCUT2D eigenvalue weighted by atomic mass is 19.1. The summed E-state index contributed by atoms with van der Waals surface area (Å²) in [5, 5.41) is 10.5. The molecule has 2 aromatic rings. The summed E-state index contributed by atoms with van der Waals surface area (Å²) < 4.78 is 18.7. The van der Waals surface area contributed by atoms with Gasteiger partial charge >= 0.3 is 0 Å². The second-order valence-electron chi connectivity index (χ2n) is 6.04. The number of ether oxygens (including phenoxy) is 1. The highest BCUT2D eigenvalue weighted by molar-refractivity contribution is 5.79. The molecular formula is C20H23FO3. The highest BCUT2D eigenvalue weighted by Gasteiger charge is 2.29. The maximum Gasteiger partial charge on any atom is 0.135 e. The normalized spacial score (nSPS) is 14.8. The first-order valence-electron chi connectivity index (χ1n) is 8.06. The molecule has 24 heavy (non-hydrogen) atoms. The summed E-state index contributed by atoms with van der Waals surface area (Å²) in [6.45, 7) is 3.59. The van der Waals surface area contributed by atoms with Gasteiger partial charge in [0, 0.05) is 5.92 Å². The second kappa shape index (κ2) is 8.71. The zero-order valence-corrected chi connectivity index (χ0v) is 14.0. The first-order chi connectivity index (χ1) is 11.5. The van der Waals surface area contributed by atoms with Crippen molar-refractivity contribution >= 4 is 5.78 Å². The molecule has 4 heteroatoms. The number of rotatable bonds is 8. The Labute approximate surface area is 142 Å². The van der Waals surface area contributed by atoms with Gasteiger partial charge in [-0.05, 0) is 43.5 Å². The van der Waals surface area contributed by atoms with Gasteiger partial charge in [0.05, 0.1) is 18.8 Å². The van der Waals surface area contributed by atoms with Crippen LogP contribution in [-0.4, -0.2) is 23.1 Å². The molecule has 0 fully saturated rings. The van der Waals surface area contributed by atoms with E-state index in [4.69, 9.17) is 4.74 Å². The molecule has 0 saturated carbocycles. The van der Waals surface area contributed by atoms with Crippen LogP contribution in [0.2, 0.25) is 0 Å². The molecule has 0 aliphatic rings. The van der Waals surface area contributed by atoms with Gasteiger partial charge in [0.15, 0.2) is 0 Å². The molecule has 0 spiro atoms. The maximum absolute atomic E-state index is 13.0. The zero-order valence-electron chi connectivity index (χ0n) is 14.0. The van der Waals surface area contributed by atoms with Crippen LogP contribution >= 0.6 is 0 Å². The molecule has 128 valence electrons. The van der Waals surface area contributed by atoms with Crippen LogP contribution in [0.15, 0.2) is 54.6 Å². The Hall–Kier alpha value is -2.04. The number of benzene rings is 2. The van der Waals surface area contributed by atoms with Crippen LogP contribution in [0.1, 0.15) is 25.0 Å². The number of carbonyl (C=O) groups is 1. The Bertz CT molecular complexity index is 640. The molecule has 0 saturated heterocycles. The lowest BCUT2D eigenvalue weighted by Gasteiger charge is -2.26. The average molecular weight is 330 g/mol. The SMILES string of the molecule is CC(=O)[C@H](Cc1ccc(F)cc1)[C@@H](O)[C@H](C)OCc1ccccc1. The summed E-state index contributed by atoms with van der Waals surface area (Å²) in [5.74, 6) is -1.01. The van der Waals surface area contributed by atoms with Crippen LogP contribution in [0, 0.1) is 11.7 Å². The Morgan fingerprint density at radius 3 is 2.29 bits per heavy atom. The maximum atomic E-state index is 13.0. The van der Waals surface area contributed by atoms with Crippen molar-refractivity contribution in [2.45, 2.75) is 39.1 Å². The highest BCUT2D eigenvalue weighted by Crippen LogP contribution is 2.19. The number of aliphatic hydroxyl groups is 1. The number of Topliss-reactive ketones (excluding diaryl/α,β-unsaturated/α-hetero) is 1. The molecule has 0 radical (unpaired) electrons. The second-order valence-corrected chi connectivity index (χ2v) is 6.04. The van der Waals surface area contributed by atoms with E-state index in [0.29, 0.717) is 13.0 Å². The molecule has 3 nitrogen and oxygen atoms in total. The van der Waals surface area contributed by atoms with Crippen LogP contribution in [0.5, 0.6) is 0 Å². The van der Waals surface area contributed by atoms with Crippen molar-refractivity contribution in [2.24, 2.45) is 5.92 Å². The lowest BCUT2D eigenvalue weighted by Crippen LogP contribution is -2.38. The van der Waals surface area contributed by atoms with E-state index in [2.05, 4.69) is 0 Å². The summed E-state index contributed by atoms with van der Waals surface area (Å²) in [5.41, 5.74) is 1.82. The minimum atomic E-state index is -0.920. The number of hydrogen-bond donors (Lipinski definition) is 1. The average Bonchev–Trinajstić information content (AvgIpc) is 2.59. The fourth-order valence-electron chi connectivity index (χ4n) is 2.61. The molecule has 1 N–H and O–H groups in total. The fourth-order valence-corrected chi connectivity index (χ4v) is 2.61. The predicted molar refractivity (Wildman–Crippen MR) is 91.0 cm³/mol. The molecule has 0 heterocycles. The molecule has 2 rings (SSSR count). The van der Waals surface area contributed by atoms with Crippen LogP contribution in [0.3, 0.4) is 0 Å². The van der Waals surface area contributed by atoms with Gasteiger partial charge in [0.25, 0.3) is 0 Å². The Morgan fingerprint density at radius 1 is 1.08 bits per heavy atom. The molecule has 2 aromatic carbocycles. The third-order valence-electron chi connectivity index (χ3n) is 4.14. The molecule has 0 aliphatic heterocycles. The van der Waals surface area contributed by atoms with Crippen molar-refractivity contribution in [1.29, 1.82) is 0 Å². The summed E-state index contributed by atoms with van der Waals surface area (Å²) in [4.78, 5) is 11.9. The first kappa shape index (κ1) is 18.3. The minimum Gasteiger partial charge on any atom is -0.390 e. The number of aliphatic hydroxyl groups excluding tert-OH is 1. The molecular weight excluding hydrogens is 307 g/mol. The Morgan fingerprint density at radius 2 is 1.71 bits per heavy atom. The summed E-state index contributed by atoms with van der Waals surface area (Å²) >= 11 is 0.